The van der Waals surface area contributed by atoms with E-state index in [0.29, 0.717) is 5.56 Å². The third-order valence-corrected chi connectivity index (χ3v) is 2.24. The average molecular weight is 180 g/mol. The van der Waals surface area contributed by atoms with E-state index in [1.54, 1.807) is 12.3 Å². The van der Waals surface area contributed by atoms with E-state index in [4.69, 9.17) is 4.42 Å². The SMILES string of the molecule is CCCCC(C)C(=O)c1ccoc1. The molecule has 0 aliphatic rings. The maximum Gasteiger partial charge on any atom is 0.168 e. The number of rotatable bonds is 5. The molecule has 0 spiro atoms. The summed E-state index contributed by atoms with van der Waals surface area (Å²) in [5.74, 6) is 0.319. The molecule has 1 atom stereocenters. The van der Waals surface area contributed by atoms with Crippen LogP contribution in [0.3, 0.4) is 0 Å². The first-order valence-corrected chi connectivity index (χ1v) is 4.82. The maximum atomic E-state index is 11.7. The lowest BCUT2D eigenvalue weighted by atomic mass is 9.96. The average Bonchev–Trinajstić information content (AvgIpc) is 2.65. The van der Waals surface area contributed by atoms with Crippen LogP contribution in [-0.2, 0) is 0 Å². The zero-order chi connectivity index (χ0) is 9.68. The highest BCUT2D eigenvalue weighted by atomic mass is 16.3. The molecule has 13 heavy (non-hydrogen) atoms. The van der Waals surface area contributed by atoms with Crippen LogP contribution in [-0.4, -0.2) is 5.78 Å². The van der Waals surface area contributed by atoms with Gasteiger partial charge in [-0.3, -0.25) is 4.79 Å². The molecule has 2 heteroatoms. The Kier molecular flexibility index (Phi) is 3.74. The van der Waals surface area contributed by atoms with E-state index >= 15 is 0 Å². The maximum absolute atomic E-state index is 11.7. The molecule has 0 fully saturated rings. The number of carbonyl (C=O) groups excluding carboxylic acids is 1. The molecule has 0 aromatic carbocycles. The Hall–Kier alpha value is -1.05. The molecule has 0 aliphatic heterocycles. The smallest absolute Gasteiger partial charge is 0.168 e. The second kappa shape index (κ2) is 4.85. The minimum atomic E-state index is 0.123. The molecule has 0 saturated heterocycles. The Morgan fingerprint density at radius 2 is 2.38 bits per heavy atom. The number of carbonyl (C=O) groups is 1. The van der Waals surface area contributed by atoms with E-state index in [2.05, 4.69) is 6.92 Å². The molecule has 2 nitrogen and oxygen atoms in total. The van der Waals surface area contributed by atoms with Crippen molar-refractivity contribution in [3.63, 3.8) is 0 Å². The molecule has 72 valence electrons. The molecule has 0 amide bonds. The number of Topliss-reactive ketones (excluding diaryl/α,β-unsaturated/α-hetero) is 1. The Morgan fingerprint density at radius 3 is 2.92 bits per heavy atom. The summed E-state index contributed by atoms with van der Waals surface area (Å²) in [6.07, 6.45) is 6.29. The fourth-order valence-electron chi connectivity index (χ4n) is 1.33. The molecule has 1 aromatic rings. The van der Waals surface area contributed by atoms with Gasteiger partial charge in [-0.25, -0.2) is 0 Å². The first kappa shape index (κ1) is 10.0. The number of unbranched alkanes of at least 4 members (excludes halogenated alkanes) is 1. The summed E-state index contributed by atoms with van der Waals surface area (Å²) in [5.41, 5.74) is 0.698. The van der Waals surface area contributed by atoms with Crippen LogP contribution in [0.5, 0.6) is 0 Å². The van der Waals surface area contributed by atoms with Crippen LogP contribution in [0.1, 0.15) is 43.5 Å². The van der Waals surface area contributed by atoms with Crippen molar-refractivity contribution in [1.29, 1.82) is 0 Å². The normalized spacial score (nSPS) is 12.8. The van der Waals surface area contributed by atoms with Crippen molar-refractivity contribution in [2.75, 3.05) is 0 Å². The van der Waals surface area contributed by atoms with Gasteiger partial charge in [-0.2, -0.15) is 0 Å². The van der Waals surface area contributed by atoms with Crippen LogP contribution in [0.2, 0.25) is 0 Å². The summed E-state index contributed by atoms with van der Waals surface area (Å²) in [4.78, 5) is 11.7. The van der Waals surface area contributed by atoms with Gasteiger partial charge in [0.15, 0.2) is 5.78 Å². The summed E-state index contributed by atoms with van der Waals surface area (Å²) < 4.78 is 4.87. The first-order valence-electron chi connectivity index (χ1n) is 4.82. The van der Waals surface area contributed by atoms with Gasteiger partial charge in [0.25, 0.3) is 0 Å². The van der Waals surface area contributed by atoms with Crippen molar-refractivity contribution < 1.29 is 9.21 Å². The van der Waals surface area contributed by atoms with Crippen LogP contribution < -0.4 is 0 Å². The molecule has 1 rings (SSSR count). The molecule has 1 aromatic heterocycles. The summed E-state index contributed by atoms with van der Waals surface area (Å²) in [5, 5.41) is 0. The first-order chi connectivity index (χ1) is 6.25. The van der Waals surface area contributed by atoms with Gasteiger partial charge in [0.05, 0.1) is 11.8 Å². The Balaban J connectivity index is 2.48. The van der Waals surface area contributed by atoms with Crippen LogP contribution >= 0.6 is 0 Å². The van der Waals surface area contributed by atoms with Crippen molar-refractivity contribution in [3.8, 4) is 0 Å². The molecule has 0 N–H and O–H groups in total. The topological polar surface area (TPSA) is 30.2 Å². The Labute approximate surface area is 78.9 Å². The van der Waals surface area contributed by atoms with Crippen molar-refractivity contribution >= 4 is 5.78 Å². The largest absolute Gasteiger partial charge is 0.472 e. The van der Waals surface area contributed by atoms with Crippen LogP contribution in [0.25, 0.3) is 0 Å². The number of hydrogen-bond donors (Lipinski definition) is 0. The molecule has 0 radical (unpaired) electrons. The second-order valence-corrected chi connectivity index (χ2v) is 3.42. The van der Waals surface area contributed by atoms with E-state index in [1.807, 2.05) is 6.92 Å². The lowest BCUT2D eigenvalue weighted by Crippen LogP contribution is -2.10. The van der Waals surface area contributed by atoms with Gasteiger partial charge in [-0.1, -0.05) is 26.7 Å². The summed E-state index contributed by atoms with van der Waals surface area (Å²) >= 11 is 0. The third-order valence-electron chi connectivity index (χ3n) is 2.24. The summed E-state index contributed by atoms with van der Waals surface area (Å²) in [6, 6.07) is 1.73. The lowest BCUT2D eigenvalue weighted by Gasteiger charge is -2.06. The van der Waals surface area contributed by atoms with Crippen LogP contribution in [0.4, 0.5) is 0 Å². The minimum absolute atomic E-state index is 0.123. The molecular weight excluding hydrogens is 164 g/mol. The predicted octanol–water partition coefficient (Wildman–Crippen LogP) is 3.29. The van der Waals surface area contributed by atoms with Crippen molar-refractivity contribution in [2.24, 2.45) is 5.92 Å². The highest BCUT2D eigenvalue weighted by molar-refractivity contribution is 5.97. The number of ketones is 1. The van der Waals surface area contributed by atoms with Crippen LogP contribution in [0.15, 0.2) is 23.0 Å². The quantitative estimate of drug-likeness (QED) is 0.651. The van der Waals surface area contributed by atoms with Gasteiger partial charge in [-0.05, 0) is 12.5 Å². The predicted molar refractivity (Wildman–Crippen MR) is 51.7 cm³/mol. The van der Waals surface area contributed by atoms with Crippen molar-refractivity contribution in [2.45, 2.75) is 33.1 Å². The molecule has 0 bridgehead atoms. The van der Waals surface area contributed by atoms with Crippen molar-refractivity contribution in [1.82, 2.24) is 0 Å². The molecular formula is C11H16O2. The lowest BCUT2D eigenvalue weighted by molar-refractivity contribution is 0.0922. The van der Waals surface area contributed by atoms with E-state index in [0.717, 1.165) is 19.3 Å². The Morgan fingerprint density at radius 1 is 1.62 bits per heavy atom. The van der Waals surface area contributed by atoms with E-state index < -0.39 is 0 Å². The standard InChI is InChI=1S/C11H16O2/c1-3-4-5-9(2)11(12)10-6-7-13-8-10/h6-9H,3-5H2,1-2H3. The molecule has 1 heterocycles. The number of furan rings is 1. The van der Waals surface area contributed by atoms with Gasteiger partial charge in [0.1, 0.15) is 6.26 Å². The zero-order valence-corrected chi connectivity index (χ0v) is 8.25. The van der Waals surface area contributed by atoms with Gasteiger partial charge in [-0.15, -0.1) is 0 Å². The van der Waals surface area contributed by atoms with E-state index in [1.165, 1.54) is 6.26 Å². The van der Waals surface area contributed by atoms with Gasteiger partial charge in [0, 0.05) is 5.92 Å². The van der Waals surface area contributed by atoms with Gasteiger partial charge in [0.2, 0.25) is 0 Å². The molecule has 0 saturated carbocycles. The highest BCUT2D eigenvalue weighted by Gasteiger charge is 2.14. The molecule has 0 aliphatic carbocycles. The fourth-order valence-corrected chi connectivity index (χ4v) is 1.33. The van der Waals surface area contributed by atoms with Gasteiger partial charge >= 0.3 is 0 Å². The monoisotopic (exact) mass is 180 g/mol. The van der Waals surface area contributed by atoms with Gasteiger partial charge < -0.3 is 4.42 Å². The third kappa shape index (κ3) is 2.72. The Bertz CT molecular complexity index is 249. The summed E-state index contributed by atoms with van der Waals surface area (Å²) in [7, 11) is 0. The summed E-state index contributed by atoms with van der Waals surface area (Å²) in [6.45, 7) is 4.11. The zero-order valence-electron chi connectivity index (χ0n) is 8.25. The number of hydrogen-bond acceptors (Lipinski definition) is 2. The fraction of sp³-hybridized carbons (Fsp3) is 0.545. The van der Waals surface area contributed by atoms with Crippen LogP contribution in [0, 0.1) is 5.92 Å². The van der Waals surface area contributed by atoms with E-state index in [-0.39, 0.29) is 11.7 Å². The highest BCUT2D eigenvalue weighted by Crippen LogP contribution is 2.14. The van der Waals surface area contributed by atoms with Crippen molar-refractivity contribution in [3.05, 3.63) is 24.2 Å². The minimum Gasteiger partial charge on any atom is -0.472 e. The second-order valence-electron chi connectivity index (χ2n) is 3.42. The van der Waals surface area contributed by atoms with E-state index in [9.17, 15) is 4.79 Å². The molecule has 1 unspecified atom stereocenters.